The summed E-state index contributed by atoms with van der Waals surface area (Å²) < 4.78 is 72.7. The van der Waals surface area contributed by atoms with E-state index in [0.717, 1.165) is 44.5 Å². The summed E-state index contributed by atoms with van der Waals surface area (Å²) in [5.41, 5.74) is 2.23. The lowest BCUT2D eigenvalue weighted by atomic mass is 9.83. The van der Waals surface area contributed by atoms with E-state index in [0.29, 0.717) is 33.6 Å². The number of carboxylic acid groups (broad SMARTS) is 1. The van der Waals surface area contributed by atoms with Crippen molar-refractivity contribution in [1.82, 2.24) is 10.2 Å². The Morgan fingerprint density at radius 2 is 1.51 bits per heavy atom. The number of rotatable bonds is 5. The number of aliphatic carboxylic acids is 1. The molecule has 2 aromatic rings. The van der Waals surface area contributed by atoms with Crippen LogP contribution in [-0.4, -0.2) is 54.1 Å². The van der Waals surface area contributed by atoms with Crippen molar-refractivity contribution in [2.24, 2.45) is 11.8 Å². The Morgan fingerprint density at radius 1 is 0.974 bits per heavy atom. The first kappa shape index (κ1) is 30.8. The number of ether oxygens (including phenoxy) is 1. The molecule has 4 rings (SSSR count). The van der Waals surface area contributed by atoms with Gasteiger partial charge in [-0.1, -0.05) is 35.3 Å². The first-order chi connectivity index (χ1) is 18.1. The molecule has 0 bridgehead atoms. The van der Waals surface area contributed by atoms with Crippen LogP contribution in [0.15, 0.2) is 36.4 Å². The topological polar surface area (TPSA) is 78.9 Å². The number of carbonyl (C=O) groups excluding carboxylic acids is 1. The lowest BCUT2D eigenvalue weighted by molar-refractivity contribution is -0.274. The van der Waals surface area contributed by atoms with E-state index >= 15 is 0 Å². The Hall–Kier alpha value is -2.70. The number of piperidine rings is 1. The van der Waals surface area contributed by atoms with Gasteiger partial charge in [0.05, 0.1) is 0 Å². The van der Waals surface area contributed by atoms with Crippen LogP contribution in [0.3, 0.4) is 0 Å². The molecule has 0 spiro atoms. The Balaban J connectivity index is 0.000000532. The van der Waals surface area contributed by atoms with Crippen LogP contribution in [0.25, 0.3) is 11.1 Å². The van der Waals surface area contributed by atoms with E-state index in [-0.39, 0.29) is 17.6 Å². The molecule has 0 unspecified atom stereocenters. The average Bonchev–Trinajstić information content (AvgIpc) is 3.27. The zero-order chi connectivity index (χ0) is 29.0. The third-order valence-electron chi connectivity index (χ3n) is 6.48. The van der Waals surface area contributed by atoms with Crippen molar-refractivity contribution in [1.29, 1.82) is 0 Å². The van der Waals surface area contributed by atoms with E-state index in [1.807, 2.05) is 0 Å². The van der Waals surface area contributed by atoms with Crippen LogP contribution in [0.2, 0.25) is 10.0 Å². The lowest BCUT2D eigenvalue weighted by Gasteiger charge is -2.34. The largest absolute Gasteiger partial charge is 0.573 e. The molecule has 0 saturated carbocycles. The standard InChI is InChI=1S/C23H23Cl2F3N2O2.C2HF3O2/c24-20-11-16(14-1-3-17(4-2-14)32-23(26,27)28)12-21(25)19(20)13-30-9-6-15(7-10-30)18-5-8-29-22(18)31;3-2(4,5)1(6)7/h1-4,11-12,15,18H,5-10,13H2,(H,29,31);(H,6,7)/t18-;/m1./s1. The van der Waals surface area contributed by atoms with E-state index in [1.165, 1.54) is 24.3 Å². The normalized spacial score (nSPS) is 18.8. The molecule has 214 valence electrons. The number of benzene rings is 2. The molecule has 14 heteroatoms. The van der Waals surface area contributed by atoms with Crippen molar-refractivity contribution >= 4 is 35.1 Å². The van der Waals surface area contributed by atoms with Gasteiger partial charge in [0.1, 0.15) is 5.75 Å². The Labute approximate surface area is 229 Å². The maximum Gasteiger partial charge on any atom is 0.573 e. The van der Waals surface area contributed by atoms with Gasteiger partial charge in [0.2, 0.25) is 5.91 Å². The minimum absolute atomic E-state index is 0.136. The van der Waals surface area contributed by atoms with Gasteiger partial charge in [0.25, 0.3) is 0 Å². The van der Waals surface area contributed by atoms with Crippen LogP contribution < -0.4 is 10.1 Å². The van der Waals surface area contributed by atoms with E-state index in [9.17, 15) is 31.1 Å². The molecule has 39 heavy (non-hydrogen) atoms. The van der Waals surface area contributed by atoms with Crippen molar-refractivity contribution in [3.8, 4) is 16.9 Å². The third kappa shape index (κ3) is 8.91. The zero-order valence-electron chi connectivity index (χ0n) is 20.2. The summed E-state index contributed by atoms with van der Waals surface area (Å²) in [6.07, 6.45) is -6.95. The van der Waals surface area contributed by atoms with Gasteiger partial charge >= 0.3 is 18.5 Å². The molecule has 2 aliphatic heterocycles. The predicted molar refractivity (Wildman–Crippen MR) is 131 cm³/mol. The fourth-order valence-electron chi connectivity index (χ4n) is 4.57. The summed E-state index contributed by atoms with van der Waals surface area (Å²) >= 11 is 13.1. The highest BCUT2D eigenvalue weighted by Gasteiger charge is 2.38. The highest BCUT2D eigenvalue weighted by atomic mass is 35.5. The number of carbonyl (C=O) groups is 2. The third-order valence-corrected chi connectivity index (χ3v) is 7.15. The monoisotopic (exact) mass is 600 g/mol. The molecule has 0 aromatic heterocycles. The number of nitrogens with zero attached hydrogens (tertiary/aromatic N) is 1. The molecule has 6 nitrogen and oxygen atoms in total. The molecule has 1 atom stereocenters. The van der Waals surface area contributed by atoms with Gasteiger partial charge in [-0.15, -0.1) is 13.2 Å². The number of amides is 1. The van der Waals surface area contributed by atoms with Crippen LogP contribution in [0.4, 0.5) is 26.3 Å². The Bertz CT molecular complexity index is 1140. The summed E-state index contributed by atoms with van der Waals surface area (Å²) in [6.45, 7) is 3.15. The van der Waals surface area contributed by atoms with Crippen LogP contribution in [-0.2, 0) is 16.1 Å². The number of carboxylic acids is 1. The average molecular weight is 601 g/mol. The first-order valence-corrected chi connectivity index (χ1v) is 12.5. The van der Waals surface area contributed by atoms with E-state index < -0.39 is 18.5 Å². The molecule has 0 radical (unpaired) electrons. The minimum Gasteiger partial charge on any atom is -0.475 e. The molecule has 2 fully saturated rings. The van der Waals surface area contributed by atoms with Crippen LogP contribution >= 0.6 is 23.2 Å². The summed E-state index contributed by atoms with van der Waals surface area (Å²) in [4.78, 5) is 23.1. The molecule has 1 amide bonds. The number of halogens is 8. The summed E-state index contributed by atoms with van der Waals surface area (Å²) in [6, 6.07) is 9.13. The second kappa shape index (κ2) is 12.6. The number of hydrogen-bond donors (Lipinski definition) is 2. The molecule has 2 saturated heterocycles. The van der Waals surface area contributed by atoms with Crippen molar-refractivity contribution in [3.63, 3.8) is 0 Å². The SMILES string of the molecule is O=C(O)C(F)(F)F.O=C1NCC[C@@H]1C1CCN(Cc2c(Cl)cc(-c3ccc(OC(F)(F)F)cc3)cc2Cl)CC1. The molecular weight excluding hydrogens is 577 g/mol. The summed E-state index contributed by atoms with van der Waals surface area (Å²) in [7, 11) is 0. The number of likely N-dealkylation sites (tertiary alicyclic amines) is 1. The quantitative estimate of drug-likeness (QED) is 0.381. The second-order valence-electron chi connectivity index (χ2n) is 9.09. The second-order valence-corrected chi connectivity index (χ2v) is 9.91. The first-order valence-electron chi connectivity index (χ1n) is 11.8. The van der Waals surface area contributed by atoms with Crippen LogP contribution in [0, 0.1) is 11.8 Å². The molecule has 2 N–H and O–H groups in total. The molecule has 0 aliphatic carbocycles. The van der Waals surface area contributed by atoms with Gasteiger partial charge in [-0.3, -0.25) is 9.69 Å². The lowest BCUT2D eigenvalue weighted by Crippen LogP contribution is -2.37. The van der Waals surface area contributed by atoms with Gasteiger partial charge in [-0.2, -0.15) is 13.2 Å². The maximum absolute atomic E-state index is 12.3. The van der Waals surface area contributed by atoms with E-state index in [4.69, 9.17) is 33.1 Å². The molecule has 2 heterocycles. The van der Waals surface area contributed by atoms with E-state index in [2.05, 4.69) is 15.0 Å². The van der Waals surface area contributed by atoms with Crippen molar-refractivity contribution in [2.45, 2.75) is 38.3 Å². The fourth-order valence-corrected chi connectivity index (χ4v) is 5.18. The van der Waals surface area contributed by atoms with Crippen LogP contribution in [0.5, 0.6) is 5.75 Å². The maximum atomic E-state index is 12.3. The minimum atomic E-state index is -5.08. The smallest absolute Gasteiger partial charge is 0.475 e. The Kier molecular flexibility index (Phi) is 10.0. The Morgan fingerprint density at radius 3 is 1.95 bits per heavy atom. The number of nitrogens with one attached hydrogen (secondary N) is 1. The molecular formula is C25H24Cl2F6N2O4. The fraction of sp³-hybridized carbons (Fsp3) is 0.440. The highest BCUT2D eigenvalue weighted by molar-refractivity contribution is 6.36. The van der Waals surface area contributed by atoms with Gasteiger partial charge in [-0.05, 0) is 73.7 Å². The van der Waals surface area contributed by atoms with Gasteiger partial charge < -0.3 is 15.2 Å². The van der Waals surface area contributed by atoms with Crippen molar-refractivity contribution < 1.29 is 45.8 Å². The van der Waals surface area contributed by atoms with Crippen molar-refractivity contribution in [3.05, 3.63) is 52.0 Å². The molecule has 2 aromatic carbocycles. The van der Waals surface area contributed by atoms with Gasteiger partial charge in [-0.25, -0.2) is 4.79 Å². The predicted octanol–water partition coefficient (Wildman–Crippen LogP) is 6.54. The summed E-state index contributed by atoms with van der Waals surface area (Å²) in [5.74, 6) is -2.30. The number of alkyl halides is 6. The van der Waals surface area contributed by atoms with Gasteiger partial charge in [0, 0.05) is 34.6 Å². The van der Waals surface area contributed by atoms with E-state index in [1.54, 1.807) is 12.1 Å². The molecule has 2 aliphatic rings. The highest BCUT2D eigenvalue weighted by Crippen LogP contribution is 2.36. The van der Waals surface area contributed by atoms with Crippen LogP contribution in [0.1, 0.15) is 24.8 Å². The zero-order valence-corrected chi connectivity index (χ0v) is 21.7. The van der Waals surface area contributed by atoms with Gasteiger partial charge in [0.15, 0.2) is 0 Å². The number of hydrogen-bond acceptors (Lipinski definition) is 4. The van der Waals surface area contributed by atoms with Crippen molar-refractivity contribution in [2.75, 3.05) is 19.6 Å². The summed E-state index contributed by atoms with van der Waals surface area (Å²) in [5, 5.41) is 11.1.